The first kappa shape index (κ1) is 17.0. The number of carbonyl (C=O) groups excluding carboxylic acids is 1. The zero-order valence-electron chi connectivity index (χ0n) is 11.9. The number of ether oxygens (including phenoxy) is 1. The second kappa shape index (κ2) is 6.57. The number of halogens is 2. The van der Waals surface area contributed by atoms with E-state index in [2.05, 4.69) is 5.32 Å². The minimum absolute atomic E-state index is 0.00124. The molecule has 0 atom stereocenters. The fraction of sp³-hybridized carbons (Fsp3) is 0.462. The summed E-state index contributed by atoms with van der Waals surface area (Å²) < 4.78 is 32.7. The number of nitrogens with zero attached hydrogens (tertiary/aromatic N) is 1. The van der Waals surface area contributed by atoms with E-state index in [0.29, 0.717) is 18.7 Å². The Kier molecular flexibility index (Phi) is 5.31. The number of amides is 1. The fourth-order valence-electron chi connectivity index (χ4n) is 1.71. The summed E-state index contributed by atoms with van der Waals surface area (Å²) in [5, 5.41) is 12.9. The summed E-state index contributed by atoms with van der Waals surface area (Å²) in [5.41, 5.74) is -2.65. The summed E-state index contributed by atoms with van der Waals surface area (Å²) in [6.45, 7) is 5.56. The quantitative estimate of drug-likeness (QED) is 0.646. The van der Waals surface area contributed by atoms with Gasteiger partial charge in [0.15, 0.2) is 0 Å². The van der Waals surface area contributed by atoms with E-state index in [9.17, 15) is 23.7 Å². The van der Waals surface area contributed by atoms with Gasteiger partial charge in [-0.3, -0.25) is 14.9 Å². The van der Waals surface area contributed by atoms with Crippen molar-refractivity contribution in [2.24, 2.45) is 0 Å². The third-order valence-corrected chi connectivity index (χ3v) is 2.70. The van der Waals surface area contributed by atoms with Crippen molar-refractivity contribution in [2.75, 3.05) is 13.2 Å². The van der Waals surface area contributed by atoms with Gasteiger partial charge in [-0.1, -0.05) is 0 Å². The van der Waals surface area contributed by atoms with Crippen LogP contribution in [0, 0.1) is 21.7 Å². The Balaban J connectivity index is 2.98. The Morgan fingerprint density at radius 3 is 2.57 bits per heavy atom. The maximum atomic E-state index is 13.8. The van der Waals surface area contributed by atoms with Crippen molar-refractivity contribution in [1.82, 2.24) is 5.32 Å². The van der Waals surface area contributed by atoms with Gasteiger partial charge >= 0.3 is 5.69 Å². The topological polar surface area (TPSA) is 81.5 Å². The molecule has 0 fully saturated rings. The molecular formula is C13H16F2N2O4. The largest absolute Gasteiger partial charge is 0.374 e. The van der Waals surface area contributed by atoms with Gasteiger partial charge in [-0.05, 0) is 26.8 Å². The van der Waals surface area contributed by atoms with Crippen molar-refractivity contribution in [3.63, 3.8) is 0 Å². The van der Waals surface area contributed by atoms with E-state index in [0.717, 1.165) is 0 Å². The predicted octanol–water partition coefficient (Wildman–Crippen LogP) is 2.42. The van der Waals surface area contributed by atoms with Crippen LogP contribution in [0.5, 0.6) is 0 Å². The fourth-order valence-corrected chi connectivity index (χ4v) is 1.71. The molecule has 0 bridgehead atoms. The van der Waals surface area contributed by atoms with Crippen molar-refractivity contribution < 1.29 is 23.2 Å². The molecule has 0 aliphatic rings. The van der Waals surface area contributed by atoms with Crippen LogP contribution in [0.3, 0.4) is 0 Å². The van der Waals surface area contributed by atoms with E-state index in [4.69, 9.17) is 4.74 Å². The molecule has 0 aliphatic heterocycles. The number of nitro groups is 1. The molecule has 21 heavy (non-hydrogen) atoms. The van der Waals surface area contributed by atoms with Crippen molar-refractivity contribution in [3.8, 4) is 0 Å². The third-order valence-electron chi connectivity index (χ3n) is 2.70. The average Bonchev–Trinajstić information content (AvgIpc) is 2.36. The van der Waals surface area contributed by atoms with Gasteiger partial charge in [-0.2, -0.15) is 4.39 Å². The van der Waals surface area contributed by atoms with Crippen LogP contribution in [0.2, 0.25) is 0 Å². The average molecular weight is 302 g/mol. The summed E-state index contributed by atoms with van der Waals surface area (Å²) in [6, 6.07) is 1.36. The van der Waals surface area contributed by atoms with Crippen LogP contribution in [-0.2, 0) is 4.74 Å². The number of carbonyl (C=O) groups is 1. The first-order valence-corrected chi connectivity index (χ1v) is 6.24. The van der Waals surface area contributed by atoms with Crippen LogP contribution in [-0.4, -0.2) is 29.6 Å². The molecule has 8 heteroatoms. The zero-order chi connectivity index (χ0) is 16.2. The van der Waals surface area contributed by atoms with Crippen molar-refractivity contribution in [3.05, 3.63) is 39.4 Å². The second-order valence-corrected chi connectivity index (χ2v) is 4.89. The molecule has 0 saturated carbocycles. The highest BCUT2D eigenvalue weighted by Gasteiger charge is 2.27. The van der Waals surface area contributed by atoms with Crippen LogP contribution in [0.25, 0.3) is 0 Å². The van der Waals surface area contributed by atoms with Crippen LogP contribution in [0.15, 0.2) is 12.1 Å². The van der Waals surface area contributed by atoms with E-state index in [1.807, 2.05) is 0 Å². The highest BCUT2D eigenvalue weighted by Crippen LogP contribution is 2.23. The maximum Gasteiger partial charge on any atom is 0.305 e. The Labute approximate surface area is 120 Å². The van der Waals surface area contributed by atoms with Gasteiger partial charge < -0.3 is 10.1 Å². The summed E-state index contributed by atoms with van der Waals surface area (Å²) in [6.07, 6.45) is 0. The molecule has 1 aromatic carbocycles. The van der Waals surface area contributed by atoms with E-state index in [1.54, 1.807) is 20.8 Å². The first-order chi connectivity index (χ1) is 9.69. The summed E-state index contributed by atoms with van der Waals surface area (Å²) >= 11 is 0. The molecule has 0 aromatic heterocycles. The van der Waals surface area contributed by atoms with Crippen LogP contribution in [0.1, 0.15) is 31.1 Å². The maximum absolute atomic E-state index is 13.8. The van der Waals surface area contributed by atoms with Crippen LogP contribution >= 0.6 is 0 Å². The molecule has 1 aromatic rings. The number of hydrogen-bond donors (Lipinski definition) is 1. The Morgan fingerprint density at radius 1 is 1.43 bits per heavy atom. The lowest BCUT2D eigenvalue weighted by Gasteiger charge is -2.24. The van der Waals surface area contributed by atoms with E-state index < -0.39 is 39.3 Å². The SMILES string of the molecule is CCOC(C)(C)CNC(=O)c1c(F)ccc([N+](=O)[O-])c1F. The van der Waals surface area contributed by atoms with Gasteiger partial charge in [0.1, 0.15) is 11.4 Å². The molecule has 1 amide bonds. The van der Waals surface area contributed by atoms with Crippen molar-refractivity contribution >= 4 is 11.6 Å². The lowest BCUT2D eigenvalue weighted by Crippen LogP contribution is -2.41. The molecule has 6 nitrogen and oxygen atoms in total. The minimum atomic E-state index is -1.49. The van der Waals surface area contributed by atoms with Gasteiger partial charge in [0.05, 0.1) is 10.5 Å². The number of benzene rings is 1. The monoisotopic (exact) mass is 302 g/mol. The summed E-state index contributed by atoms with van der Waals surface area (Å²) in [7, 11) is 0. The standard InChI is InChI=1S/C13H16F2N2O4/c1-4-21-13(2,3)7-16-12(18)10-8(14)5-6-9(11(10)15)17(19)20/h5-6H,4,7H2,1-3H3,(H,16,18). The van der Waals surface area contributed by atoms with Crippen LogP contribution in [0.4, 0.5) is 14.5 Å². The molecule has 116 valence electrons. The number of hydrogen-bond acceptors (Lipinski definition) is 4. The number of nitro benzene ring substituents is 1. The molecule has 0 unspecified atom stereocenters. The van der Waals surface area contributed by atoms with Gasteiger partial charge in [-0.25, -0.2) is 4.39 Å². The number of rotatable bonds is 6. The molecule has 0 spiro atoms. The second-order valence-electron chi connectivity index (χ2n) is 4.89. The molecule has 0 heterocycles. The Hall–Kier alpha value is -2.09. The normalized spacial score (nSPS) is 11.3. The Bertz CT molecular complexity index is 561. The van der Waals surface area contributed by atoms with E-state index in [1.165, 1.54) is 0 Å². The van der Waals surface area contributed by atoms with Gasteiger partial charge in [-0.15, -0.1) is 0 Å². The highest BCUT2D eigenvalue weighted by atomic mass is 19.1. The van der Waals surface area contributed by atoms with Gasteiger partial charge in [0.2, 0.25) is 5.82 Å². The van der Waals surface area contributed by atoms with Crippen molar-refractivity contribution in [1.29, 1.82) is 0 Å². The Morgan fingerprint density at radius 2 is 2.05 bits per heavy atom. The van der Waals surface area contributed by atoms with E-state index >= 15 is 0 Å². The minimum Gasteiger partial charge on any atom is -0.374 e. The van der Waals surface area contributed by atoms with Crippen molar-refractivity contribution in [2.45, 2.75) is 26.4 Å². The summed E-state index contributed by atoms with van der Waals surface area (Å²) in [5.74, 6) is -3.72. The van der Waals surface area contributed by atoms with Gasteiger partial charge in [0.25, 0.3) is 5.91 Å². The molecule has 1 N–H and O–H groups in total. The number of nitrogens with one attached hydrogen (secondary N) is 1. The predicted molar refractivity (Wildman–Crippen MR) is 71.1 cm³/mol. The lowest BCUT2D eigenvalue weighted by atomic mass is 10.1. The summed E-state index contributed by atoms with van der Waals surface area (Å²) in [4.78, 5) is 21.4. The first-order valence-electron chi connectivity index (χ1n) is 6.24. The molecule has 0 saturated heterocycles. The van der Waals surface area contributed by atoms with Gasteiger partial charge in [0, 0.05) is 19.2 Å². The molecule has 0 radical (unpaired) electrons. The highest BCUT2D eigenvalue weighted by molar-refractivity contribution is 5.95. The van der Waals surface area contributed by atoms with Crippen LogP contribution < -0.4 is 5.32 Å². The molecule has 1 rings (SSSR count). The molecular weight excluding hydrogens is 286 g/mol. The molecule has 0 aliphatic carbocycles. The van der Waals surface area contributed by atoms with E-state index in [-0.39, 0.29) is 6.54 Å². The zero-order valence-corrected chi connectivity index (χ0v) is 11.9. The smallest absolute Gasteiger partial charge is 0.305 e. The third kappa shape index (κ3) is 4.19. The lowest BCUT2D eigenvalue weighted by molar-refractivity contribution is -0.387.